The van der Waals surface area contributed by atoms with E-state index in [0.29, 0.717) is 19.8 Å². The molecule has 1 unspecified atom stereocenters. The third-order valence-electron chi connectivity index (χ3n) is 6.18. The van der Waals surface area contributed by atoms with Crippen molar-refractivity contribution >= 4 is 23.3 Å². The lowest BCUT2D eigenvalue weighted by atomic mass is 9.74. The number of para-hydroxylation sites is 1. The van der Waals surface area contributed by atoms with Gasteiger partial charge in [0.15, 0.2) is 0 Å². The van der Waals surface area contributed by atoms with Crippen molar-refractivity contribution in [2.45, 2.75) is 37.6 Å². The molecule has 2 aliphatic rings. The summed E-state index contributed by atoms with van der Waals surface area (Å²) in [5.41, 5.74) is 2.06. The molecule has 7 nitrogen and oxygen atoms in total. The predicted octanol–water partition coefficient (Wildman–Crippen LogP) is 3.05. The van der Waals surface area contributed by atoms with Crippen molar-refractivity contribution in [3.05, 3.63) is 66.2 Å². The van der Waals surface area contributed by atoms with Crippen LogP contribution in [-0.2, 0) is 24.5 Å². The van der Waals surface area contributed by atoms with Gasteiger partial charge in [-0.25, -0.2) is 4.79 Å². The van der Waals surface area contributed by atoms with E-state index < -0.39 is 12.0 Å². The molecule has 2 heterocycles. The fraction of sp³-hybridized carbons (Fsp3) is 0.400. The van der Waals surface area contributed by atoms with Crippen molar-refractivity contribution in [2.24, 2.45) is 5.10 Å². The average Bonchev–Trinajstić information content (AvgIpc) is 3.30. The van der Waals surface area contributed by atoms with Crippen LogP contribution in [-0.4, -0.2) is 50.0 Å². The summed E-state index contributed by atoms with van der Waals surface area (Å²) in [5, 5.41) is 9.23. The number of esters is 1. The highest BCUT2D eigenvalue weighted by molar-refractivity contribution is 6.38. The maximum atomic E-state index is 13.4. The van der Waals surface area contributed by atoms with E-state index >= 15 is 0 Å². The van der Waals surface area contributed by atoms with Crippen molar-refractivity contribution < 1.29 is 19.1 Å². The molecule has 2 aliphatic heterocycles. The zero-order valence-electron chi connectivity index (χ0n) is 18.3. The summed E-state index contributed by atoms with van der Waals surface area (Å²) in [4.78, 5) is 25.7. The summed E-state index contributed by atoms with van der Waals surface area (Å²) in [6, 6.07) is 19.1. The summed E-state index contributed by atoms with van der Waals surface area (Å²) >= 11 is 0. The lowest BCUT2D eigenvalue weighted by molar-refractivity contribution is -0.135. The Morgan fingerprint density at radius 2 is 1.75 bits per heavy atom. The minimum absolute atomic E-state index is 0.154. The normalized spacial score (nSPS) is 19.8. The number of anilines is 1. The molecule has 1 atom stereocenters. The van der Waals surface area contributed by atoms with Gasteiger partial charge in [0, 0.05) is 31.6 Å². The van der Waals surface area contributed by atoms with E-state index in [9.17, 15) is 9.59 Å². The summed E-state index contributed by atoms with van der Waals surface area (Å²) < 4.78 is 10.7. The molecule has 1 N–H and O–H groups in total. The number of amides is 1. The van der Waals surface area contributed by atoms with Gasteiger partial charge in [-0.3, -0.25) is 9.80 Å². The van der Waals surface area contributed by atoms with Gasteiger partial charge >= 0.3 is 5.97 Å². The number of nitrogens with zero attached hydrogens (tertiary/aromatic N) is 2. The van der Waals surface area contributed by atoms with Crippen LogP contribution in [0.4, 0.5) is 5.69 Å². The van der Waals surface area contributed by atoms with Crippen LogP contribution in [0.1, 0.15) is 31.7 Å². The molecule has 168 valence electrons. The average molecular weight is 436 g/mol. The zero-order chi connectivity index (χ0) is 22.4. The monoisotopic (exact) mass is 435 g/mol. The largest absolute Gasteiger partial charge is 0.461 e. The first kappa shape index (κ1) is 22.0. The fourth-order valence-electron chi connectivity index (χ4n) is 4.37. The third-order valence-corrected chi connectivity index (χ3v) is 6.18. The van der Waals surface area contributed by atoms with Gasteiger partial charge in [0.25, 0.3) is 0 Å². The third kappa shape index (κ3) is 4.67. The second-order valence-corrected chi connectivity index (χ2v) is 8.14. The second-order valence-electron chi connectivity index (χ2n) is 8.14. The van der Waals surface area contributed by atoms with Crippen molar-refractivity contribution in [3.8, 4) is 0 Å². The quantitative estimate of drug-likeness (QED) is 0.676. The zero-order valence-corrected chi connectivity index (χ0v) is 18.3. The summed E-state index contributed by atoms with van der Waals surface area (Å²) in [6.45, 7) is 3.86. The van der Waals surface area contributed by atoms with Gasteiger partial charge in [-0.2, -0.15) is 5.10 Å². The highest BCUT2D eigenvalue weighted by atomic mass is 16.5. The van der Waals surface area contributed by atoms with Crippen LogP contribution in [0.3, 0.4) is 0 Å². The first-order valence-corrected chi connectivity index (χ1v) is 11.1. The van der Waals surface area contributed by atoms with E-state index in [0.717, 1.165) is 18.5 Å². The molecule has 2 aromatic rings. The highest BCUT2D eigenvalue weighted by Gasteiger charge is 2.39. The number of nitrogens with one attached hydrogen (secondary N) is 1. The van der Waals surface area contributed by atoms with Gasteiger partial charge in [-0.1, -0.05) is 48.5 Å². The number of hydrogen-bond acceptors (Lipinski definition) is 6. The van der Waals surface area contributed by atoms with Crippen LogP contribution >= 0.6 is 0 Å². The van der Waals surface area contributed by atoms with Crippen LogP contribution in [0.15, 0.2) is 65.8 Å². The van der Waals surface area contributed by atoms with E-state index in [1.165, 1.54) is 5.56 Å². The van der Waals surface area contributed by atoms with Crippen LogP contribution < -0.4 is 10.3 Å². The number of rotatable bonds is 7. The van der Waals surface area contributed by atoms with E-state index in [1.807, 2.05) is 48.5 Å². The molecule has 0 radical (unpaired) electrons. The number of hydrogen-bond donors (Lipinski definition) is 1. The molecular weight excluding hydrogens is 406 g/mol. The fourth-order valence-corrected chi connectivity index (χ4v) is 4.37. The Bertz CT molecular complexity index is 956. The number of ether oxygens (including phenoxy) is 2. The van der Waals surface area contributed by atoms with E-state index in [-0.39, 0.29) is 30.1 Å². The molecular formula is C25H29N3O4. The number of hydrazone groups is 1. The first-order valence-electron chi connectivity index (χ1n) is 11.1. The summed E-state index contributed by atoms with van der Waals surface area (Å²) in [7, 11) is 0. The van der Waals surface area contributed by atoms with Crippen molar-refractivity contribution in [3.63, 3.8) is 0 Å². The number of benzene rings is 2. The molecule has 0 saturated carbocycles. The van der Waals surface area contributed by atoms with Crippen molar-refractivity contribution in [2.75, 3.05) is 31.4 Å². The minimum Gasteiger partial charge on any atom is -0.461 e. The Balaban J connectivity index is 1.52. The molecule has 4 rings (SSSR count). The van der Waals surface area contributed by atoms with Gasteiger partial charge in [0.2, 0.25) is 5.91 Å². The second kappa shape index (κ2) is 9.96. The maximum Gasteiger partial charge on any atom is 0.354 e. The lowest BCUT2D eigenvalue weighted by Crippen LogP contribution is -2.49. The molecule has 1 saturated heterocycles. The summed E-state index contributed by atoms with van der Waals surface area (Å²) in [6.07, 6.45) is 1.89. The van der Waals surface area contributed by atoms with Gasteiger partial charge in [0.1, 0.15) is 11.8 Å². The van der Waals surface area contributed by atoms with Crippen molar-refractivity contribution in [1.82, 2.24) is 5.32 Å². The Morgan fingerprint density at radius 1 is 1.09 bits per heavy atom. The highest BCUT2D eigenvalue weighted by Crippen LogP contribution is 2.34. The summed E-state index contributed by atoms with van der Waals surface area (Å²) in [5.74, 6) is -0.632. The molecule has 32 heavy (non-hydrogen) atoms. The molecule has 1 amide bonds. The van der Waals surface area contributed by atoms with E-state index in [2.05, 4.69) is 22.6 Å². The smallest absolute Gasteiger partial charge is 0.354 e. The van der Waals surface area contributed by atoms with Gasteiger partial charge in [-0.15, -0.1) is 0 Å². The van der Waals surface area contributed by atoms with E-state index in [1.54, 1.807) is 11.9 Å². The Morgan fingerprint density at radius 3 is 2.41 bits per heavy atom. The van der Waals surface area contributed by atoms with Crippen LogP contribution in [0, 0.1) is 0 Å². The lowest BCUT2D eigenvalue weighted by Gasteiger charge is -2.38. The van der Waals surface area contributed by atoms with Crippen molar-refractivity contribution in [1.29, 1.82) is 0 Å². The van der Waals surface area contributed by atoms with Gasteiger partial charge in [-0.05, 0) is 37.5 Å². The van der Waals surface area contributed by atoms with Gasteiger partial charge < -0.3 is 14.8 Å². The predicted molar refractivity (Wildman–Crippen MR) is 123 cm³/mol. The standard InChI is InChI=1S/C25H29N3O4/c1-2-32-24(30)21-17-22(28(27-21)20-11-7-4-8-12-20)23(29)26-18-25(13-15-31-16-14-25)19-9-5-3-6-10-19/h3-12,22H,2,13-18H2,1H3,(H,26,29). The Hall–Kier alpha value is -3.19. The maximum absolute atomic E-state index is 13.4. The molecule has 0 bridgehead atoms. The van der Waals surface area contributed by atoms with Crippen LogP contribution in [0.25, 0.3) is 0 Å². The van der Waals surface area contributed by atoms with Crippen LogP contribution in [0.2, 0.25) is 0 Å². The van der Waals surface area contributed by atoms with Crippen LogP contribution in [0.5, 0.6) is 0 Å². The molecule has 0 aliphatic carbocycles. The SMILES string of the molecule is CCOC(=O)C1=NN(c2ccccc2)C(C(=O)NCC2(c3ccccc3)CCOCC2)C1. The number of carbonyl (C=O) groups is 2. The Labute approximate surface area is 188 Å². The number of carbonyl (C=O) groups excluding carboxylic acids is 2. The minimum atomic E-state index is -0.607. The molecule has 0 spiro atoms. The van der Waals surface area contributed by atoms with E-state index in [4.69, 9.17) is 9.47 Å². The first-order chi connectivity index (χ1) is 15.6. The Kier molecular flexibility index (Phi) is 6.85. The molecule has 0 aromatic heterocycles. The molecule has 7 heteroatoms. The molecule has 2 aromatic carbocycles. The topological polar surface area (TPSA) is 80.2 Å². The van der Waals surface area contributed by atoms with Gasteiger partial charge in [0.05, 0.1) is 12.3 Å². The molecule has 1 fully saturated rings.